The highest BCUT2D eigenvalue weighted by molar-refractivity contribution is 14.0. The highest BCUT2D eigenvalue weighted by atomic mass is 127. The van der Waals surface area contributed by atoms with Crippen molar-refractivity contribution >= 4 is 35.6 Å². The van der Waals surface area contributed by atoms with E-state index in [2.05, 4.69) is 48.4 Å². The summed E-state index contributed by atoms with van der Waals surface area (Å²) >= 11 is 0. The first-order valence-electron chi connectivity index (χ1n) is 8.43. The van der Waals surface area contributed by atoms with Crippen LogP contribution in [-0.2, 0) is 6.54 Å². The Morgan fingerprint density at radius 1 is 1.48 bits per heavy atom. The van der Waals surface area contributed by atoms with E-state index < -0.39 is 4.92 Å². The summed E-state index contributed by atoms with van der Waals surface area (Å²) in [6.07, 6.45) is 4.88. The van der Waals surface area contributed by atoms with Crippen molar-refractivity contribution in [2.24, 2.45) is 10.4 Å². The van der Waals surface area contributed by atoms with Crippen LogP contribution in [-0.4, -0.2) is 39.8 Å². The Kier molecular flexibility index (Phi) is 10.6. The quantitative estimate of drug-likeness (QED) is 0.202. The Morgan fingerprint density at radius 2 is 2.16 bits per heavy atom. The molecule has 0 aliphatic heterocycles. The van der Waals surface area contributed by atoms with Crippen molar-refractivity contribution in [2.45, 2.75) is 60.0 Å². The van der Waals surface area contributed by atoms with Gasteiger partial charge >= 0.3 is 5.69 Å². The van der Waals surface area contributed by atoms with E-state index in [1.165, 1.54) is 17.1 Å². The van der Waals surface area contributed by atoms with E-state index in [-0.39, 0.29) is 29.7 Å². The number of nitrogens with one attached hydrogen (secondary N) is 2. The Bertz CT molecular complexity index is 553. The molecule has 1 unspecified atom stereocenters. The lowest BCUT2D eigenvalue weighted by Crippen LogP contribution is -2.42. The molecule has 1 heterocycles. The smallest absolute Gasteiger partial charge is 0.306 e. The Morgan fingerprint density at radius 3 is 2.68 bits per heavy atom. The fourth-order valence-electron chi connectivity index (χ4n) is 2.11. The number of nitrogens with zero attached hydrogens (tertiary/aromatic N) is 4. The zero-order chi connectivity index (χ0) is 18.2. The van der Waals surface area contributed by atoms with E-state index in [1.54, 1.807) is 0 Å². The summed E-state index contributed by atoms with van der Waals surface area (Å²) in [6.45, 7) is 12.7. The maximum Gasteiger partial charge on any atom is 0.306 e. The van der Waals surface area contributed by atoms with Gasteiger partial charge in [0.25, 0.3) is 0 Å². The molecule has 0 fully saturated rings. The van der Waals surface area contributed by atoms with Gasteiger partial charge in [-0.05, 0) is 32.1 Å². The molecule has 1 aromatic heterocycles. The van der Waals surface area contributed by atoms with Gasteiger partial charge in [-0.25, -0.2) is 0 Å². The molecule has 144 valence electrons. The van der Waals surface area contributed by atoms with Gasteiger partial charge in [0.15, 0.2) is 5.96 Å². The average molecular weight is 466 g/mol. The molecular formula is C16H31IN6O2. The number of hydrogen-bond donors (Lipinski definition) is 2. The summed E-state index contributed by atoms with van der Waals surface area (Å²) in [7, 11) is 0. The summed E-state index contributed by atoms with van der Waals surface area (Å²) in [6, 6.07) is 0.327. The number of nitro groups is 1. The van der Waals surface area contributed by atoms with Gasteiger partial charge in [-0.15, -0.1) is 24.0 Å². The lowest BCUT2D eigenvalue weighted by molar-refractivity contribution is -0.385. The van der Waals surface area contributed by atoms with Crippen LogP contribution < -0.4 is 10.6 Å². The first-order chi connectivity index (χ1) is 11.2. The Hall–Kier alpha value is -1.39. The zero-order valence-electron chi connectivity index (χ0n) is 15.8. The van der Waals surface area contributed by atoms with Crippen LogP contribution in [0.4, 0.5) is 5.69 Å². The van der Waals surface area contributed by atoms with Crippen molar-refractivity contribution < 1.29 is 4.92 Å². The SMILES string of the molecule is CCNC(=NCCn1cc([N+](=O)[O-])cn1)NC(C)CCC(C)(C)C.I. The lowest BCUT2D eigenvalue weighted by atomic mass is 9.89. The third-order valence-electron chi connectivity index (χ3n) is 3.48. The number of aliphatic imine (C=N–C) groups is 1. The van der Waals surface area contributed by atoms with Crippen LogP contribution in [0.25, 0.3) is 0 Å². The number of aromatic nitrogens is 2. The van der Waals surface area contributed by atoms with Gasteiger partial charge in [-0.2, -0.15) is 5.10 Å². The maximum atomic E-state index is 10.6. The molecule has 1 rings (SSSR count). The molecule has 0 aliphatic carbocycles. The topological polar surface area (TPSA) is 97.4 Å². The molecule has 0 aromatic carbocycles. The molecule has 0 spiro atoms. The molecule has 8 nitrogen and oxygen atoms in total. The van der Waals surface area contributed by atoms with Crippen LogP contribution in [0, 0.1) is 15.5 Å². The first-order valence-corrected chi connectivity index (χ1v) is 8.43. The van der Waals surface area contributed by atoms with Crippen molar-refractivity contribution in [2.75, 3.05) is 13.1 Å². The number of rotatable bonds is 8. The summed E-state index contributed by atoms with van der Waals surface area (Å²) in [5, 5.41) is 21.2. The molecule has 25 heavy (non-hydrogen) atoms. The van der Waals surface area contributed by atoms with Crippen LogP contribution in [0.1, 0.15) is 47.5 Å². The largest absolute Gasteiger partial charge is 0.357 e. The predicted octanol–water partition coefficient (Wildman–Crippen LogP) is 3.18. The lowest BCUT2D eigenvalue weighted by Gasteiger charge is -2.23. The summed E-state index contributed by atoms with van der Waals surface area (Å²) in [4.78, 5) is 14.7. The van der Waals surface area contributed by atoms with Crippen molar-refractivity contribution in [3.63, 3.8) is 0 Å². The van der Waals surface area contributed by atoms with Crippen molar-refractivity contribution in [1.29, 1.82) is 0 Å². The molecule has 0 amide bonds. The van der Waals surface area contributed by atoms with E-state index >= 15 is 0 Å². The molecule has 1 atom stereocenters. The van der Waals surface area contributed by atoms with Crippen LogP contribution >= 0.6 is 24.0 Å². The van der Waals surface area contributed by atoms with Crippen LogP contribution in [0.5, 0.6) is 0 Å². The number of guanidine groups is 1. The number of halogens is 1. The van der Waals surface area contributed by atoms with Crippen LogP contribution in [0.15, 0.2) is 17.4 Å². The molecular weight excluding hydrogens is 435 g/mol. The highest BCUT2D eigenvalue weighted by Gasteiger charge is 2.13. The predicted molar refractivity (Wildman–Crippen MR) is 112 cm³/mol. The van der Waals surface area contributed by atoms with Gasteiger partial charge in [0, 0.05) is 12.6 Å². The summed E-state index contributed by atoms with van der Waals surface area (Å²) < 4.78 is 1.54. The number of hydrogen-bond acceptors (Lipinski definition) is 4. The fraction of sp³-hybridized carbons (Fsp3) is 0.750. The third kappa shape index (κ3) is 10.3. The Labute approximate surface area is 167 Å². The highest BCUT2D eigenvalue weighted by Crippen LogP contribution is 2.21. The van der Waals surface area contributed by atoms with Gasteiger partial charge in [0.05, 0.1) is 18.0 Å². The molecule has 0 saturated heterocycles. The van der Waals surface area contributed by atoms with Crippen molar-refractivity contribution in [3.05, 3.63) is 22.5 Å². The maximum absolute atomic E-state index is 10.6. The minimum Gasteiger partial charge on any atom is -0.357 e. The molecule has 9 heteroatoms. The second kappa shape index (κ2) is 11.3. The molecule has 0 saturated carbocycles. The fourth-order valence-corrected chi connectivity index (χ4v) is 2.11. The summed E-state index contributed by atoms with van der Waals surface area (Å²) in [5.74, 6) is 0.764. The van der Waals surface area contributed by atoms with Gasteiger partial charge in [-0.1, -0.05) is 20.8 Å². The second-order valence-corrected chi connectivity index (χ2v) is 7.12. The monoisotopic (exact) mass is 466 g/mol. The normalized spacial score (nSPS) is 13.1. The van der Waals surface area contributed by atoms with E-state index in [4.69, 9.17) is 0 Å². The van der Waals surface area contributed by atoms with Gasteiger partial charge in [-0.3, -0.25) is 19.8 Å². The average Bonchev–Trinajstić information content (AvgIpc) is 2.94. The molecule has 2 N–H and O–H groups in total. The molecule has 1 aromatic rings. The Balaban J connectivity index is 0.00000576. The van der Waals surface area contributed by atoms with E-state index in [9.17, 15) is 10.1 Å². The third-order valence-corrected chi connectivity index (χ3v) is 3.48. The minimum absolute atomic E-state index is 0. The van der Waals surface area contributed by atoms with Crippen LogP contribution in [0.3, 0.4) is 0 Å². The van der Waals surface area contributed by atoms with Gasteiger partial charge in [0.1, 0.15) is 12.4 Å². The van der Waals surface area contributed by atoms with E-state index in [0.717, 1.165) is 25.3 Å². The zero-order valence-corrected chi connectivity index (χ0v) is 18.1. The van der Waals surface area contributed by atoms with Crippen molar-refractivity contribution in [1.82, 2.24) is 20.4 Å². The van der Waals surface area contributed by atoms with Gasteiger partial charge in [0.2, 0.25) is 0 Å². The van der Waals surface area contributed by atoms with Crippen molar-refractivity contribution in [3.8, 4) is 0 Å². The first kappa shape index (κ1) is 23.6. The second-order valence-electron chi connectivity index (χ2n) is 7.12. The molecule has 0 bridgehead atoms. The van der Waals surface area contributed by atoms with E-state index in [1.807, 2.05) is 6.92 Å². The van der Waals surface area contributed by atoms with E-state index in [0.29, 0.717) is 24.5 Å². The molecule has 0 radical (unpaired) electrons. The summed E-state index contributed by atoms with van der Waals surface area (Å²) in [5.41, 5.74) is 0.320. The standard InChI is InChI=1S/C16H30N6O2.HI/c1-6-17-15(20-13(2)7-8-16(3,4)5)18-9-10-21-12-14(11-19-21)22(23)24;/h11-13H,6-10H2,1-5H3,(H2,17,18,20);1H. The van der Waals surface area contributed by atoms with Gasteiger partial charge < -0.3 is 10.6 Å². The minimum atomic E-state index is -0.449. The molecule has 0 aliphatic rings. The van der Waals surface area contributed by atoms with Crippen LogP contribution in [0.2, 0.25) is 0 Å².